The van der Waals surface area contributed by atoms with Crippen LogP contribution in [0.2, 0.25) is 0 Å². The smallest absolute Gasteiger partial charge is 0.131 e. The van der Waals surface area contributed by atoms with Crippen molar-refractivity contribution in [1.82, 2.24) is 0 Å². The van der Waals surface area contributed by atoms with Gasteiger partial charge in [0.15, 0.2) is 0 Å². The molecule has 0 amide bonds. The third-order valence-electron chi connectivity index (χ3n) is 8.11. The van der Waals surface area contributed by atoms with Gasteiger partial charge in [0.2, 0.25) is 0 Å². The van der Waals surface area contributed by atoms with Gasteiger partial charge in [-0.25, -0.2) is 4.39 Å². The second-order valence-corrected chi connectivity index (χ2v) is 10.1. The minimum Gasteiger partial charge on any atom is -0.251 e. The van der Waals surface area contributed by atoms with E-state index in [1.165, 1.54) is 50.5 Å². The van der Waals surface area contributed by atoms with Crippen molar-refractivity contribution in [2.24, 2.45) is 11.8 Å². The lowest BCUT2D eigenvalue weighted by Crippen LogP contribution is -2.13. The highest BCUT2D eigenvalue weighted by Crippen LogP contribution is 2.39. The molecule has 2 fully saturated rings. The lowest BCUT2D eigenvalue weighted by Gasteiger charge is -2.29. The van der Waals surface area contributed by atoms with E-state index in [0.29, 0.717) is 23.3 Å². The predicted molar refractivity (Wildman–Crippen MR) is 131 cm³/mol. The summed E-state index contributed by atoms with van der Waals surface area (Å²) in [5, 5.41) is 0. The number of hydrogen-bond acceptors (Lipinski definition) is 0. The zero-order chi connectivity index (χ0) is 22.3. The van der Waals surface area contributed by atoms with Gasteiger partial charge in [-0.15, -0.1) is 6.58 Å². The molecule has 0 aromatic heterocycles. The molecule has 4 rings (SSSR count). The van der Waals surface area contributed by atoms with Crippen molar-refractivity contribution >= 4 is 0 Å². The number of rotatable bonds is 8. The van der Waals surface area contributed by atoms with Gasteiger partial charge >= 0.3 is 0 Å². The van der Waals surface area contributed by atoms with E-state index in [2.05, 4.69) is 43.0 Å². The molecular formula is C30H38F2. The van der Waals surface area contributed by atoms with Crippen molar-refractivity contribution in [2.75, 3.05) is 6.67 Å². The molecule has 2 heteroatoms. The fourth-order valence-corrected chi connectivity index (χ4v) is 5.95. The molecule has 0 unspecified atom stereocenters. The minimum absolute atomic E-state index is 0.102. The van der Waals surface area contributed by atoms with E-state index in [4.69, 9.17) is 0 Å². The van der Waals surface area contributed by atoms with Gasteiger partial charge in [0.05, 0.1) is 6.67 Å². The van der Waals surface area contributed by atoms with Gasteiger partial charge in [0.1, 0.15) is 5.82 Å². The predicted octanol–water partition coefficient (Wildman–Crippen LogP) is 9.37. The molecule has 0 aliphatic heterocycles. The monoisotopic (exact) mass is 436 g/mol. The second kappa shape index (κ2) is 11.3. The lowest BCUT2D eigenvalue weighted by atomic mass is 9.77. The Morgan fingerprint density at radius 3 is 2.03 bits per heavy atom. The Morgan fingerprint density at radius 1 is 0.781 bits per heavy atom. The van der Waals surface area contributed by atoms with Gasteiger partial charge in [-0.1, -0.05) is 55.3 Å². The molecule has 0 heterocycles. The van der Waals surface area contributed by atoms with E-state index < -0.39 is 0 Å². The minimum atomic E-state index is -0.179. The third kappa shape index (κ3) is 5.69. The number of allylic oxidation sites excluding steroid dienone is 1. The van der Waals surface area contributed by atoms with Crippen LogP contribution in [-0.4, -0.2) is 6.67 Å². The zero-order valence-electron chi connectivity index (χ0n) is 19.4. The maximum atomic E-state index is 15.0. The summed E-state index contributed by atoms with van der Waals surface area (Å²) in [5.41, 5.74) is 4.20. The van der Waals surface area contributed by atoms with Gasteiger partial charge in [-0.3, -0.25) is 4.39 Å². The number of hydrogen-bond donors (Lipinski definition) is 0. The van der Waals surface area contributed by atoms with Crippen LogP contribution in [0.4, 0.5) is 8.78 Å². The fraction of sp³-hybridized carbons (Fsp3) is 0.533. The zero-order valence-corrected chi connectivity index (χ0v) is 19.4. The lowest BCUT2D eigenvalue weighted by molar-refractivity contribution is 0.298. The van der Waals surface area contributed by atoms with Gasteiger partial charge in [0, 0.05) is 5.56 Å². The highest BCUT2D eigenvalue weighted by molar-refractivity contribution is 5.65. The topological polar surface area (TPSA) is 0 Å². The molecule has 0 radical (unpaired) electrons. The van der Waals surface area contributed by atoms with Crippen LogP contribution in [0.5, 0.6) is 0 Å². The van der Waals surface area contributed by atoms with Crippen molar-refractivity contribution in [1.29, 1.82) is 0 Å². The summed E-state index contributed by atoms with van der Waals surface area (Å²) in [5.74, 6) is 2.39. The Kier molecular flexibility index (Phi) is 8.16. The van der Waals surface area contributed by atoms with E-state index in [-0.39, 0.29) is 12.5 Å². The average molecular weight is 437 g/mol. The standard InChI is InChI=1S/C30H38F2/c1-2-22-6-10-26(11-7-22)28-18-19-29(30(32)21-28)27-16-14-25(15-17-27)24-12-8-23(9-13-24)5-3-4-20-31/h2,14-19,21-24,26H,1,3-13,20H2. The normalized spacial score (nSPS) is 26.1. The van der Waals surface area contributed by atoms with Gasteiger partial charge < -0.3 is 0 Å². The van der Waals surface area contributed by atoms with Crippen LogP contribution in [0.3, 0.4) is 0 Å². The molecule has 2 aliphatic carbocycles. The molecule has 0 N–H and O–H groups in total. The van der Waals surface area contributed by atoms with E-state index in [9.17, 15) is 4.39 Å². The highest BCUT2D eigenvalue weighted by Gasteiger charge is 2.23. The van der Waals surface area contributed by atoms with Crippen LogP contribution in [-0.2, 0) is 0 Å². The molecule has 2 aromatic rings. The summed E-state index contributed by atoms with van der Waals surface area (Å²) in [7, 11) is 0. The first kappa shape index (κ1) is 23.2. The molecule has 2 saturated carbocycles. The van der Waals surface area contributed by atoms with Gasteiger partial charge in [0.25, 0.3) is 0 Å². The number of unbranched alkanes of at least 4 members (excludes halogenated alkanes) is 1. The average Bonchev–Trinajstić information content (AvgIpc) is 2.85. The van der Waals surface area contributed by atoms with E-state index in [0.717, 1.165) is 42.7 Å². The highest BCUT2D eigenvalue weighted by atomic mass is 19.1. The number of alkyl halides is 1. The molecule has 2 aromatic carbocycles. The maximum absolute atomic E-state index is 15.0. The molecular weight excluding hydrogens is 398 g/mol. The summed E-state index contributed by atoms with van der Waals surface area (Å²) in [4.78, 5) is 0. The molecule has 32 heavy (non-hydrogen) atoms. The van der Waals surface area contributed by atoms with Crippen molar-refractivity contribution in [3.8, 4) is 11.1 Å². The molecule has 0 saturated heterocycles. The second-order valence-electron chi connectivity index (χ2n) is 10.1. The van der Waals surface area contributed by atoms with E-state index >= 15 is 4.39 Å². The summed E-state index contributed by atoms with van der Waals surface area (Å²) < 4.78 is 27.3. The van der Waals surface area contributed by atoms with Crippen LogP contribution in [0.1, 0.15) is 93.6 Å². The summed E-state index contributed by atoms with van der Waals surface area (Å²) in [6, 6.07) is 14.5. The number of benzene rings is 2. The summed E-state index contributed by atoms with van der Waals surface area (Å²) >= 11 is 0. The van der Waals surface area contributed by atoms with Gasteiger partial charge in [-0.2, -0.15) is 0 Å². The van der Waals surface area contributed by atoms with Crippen LogP contribution in [0.25, 0.3) is 11.1 Å². The molecule has 0 bridgehead atoms. The Balaban J connectivity index is 1.35. The molecule has 172 valence electrons. The Labute approximate surface area is 193 Å². The van der Waals surface area contributed by atoms with Crippen molar-refractivity contribution in [3.63, 3.8) is 0 Å². The first-order valence-electron chi connectivity index (χ1n) is 12.8. The van der Waals surface area contributed by atoms with Crippen molar-refractivity contribution < 1.29 is 8.78 Å². The van der Waals surface area contributed by atoms with Crippen LogP contribution in [0, 0.1) is 17.7 Å². The van der Waals surface area contributed by atoms with Crippen molar-refractivity contribution in [3.05, 3.63) is 72.1 Å². The first-order valence-corrected chi connectivity index (χ1v) is 12.8. The molecule has 0 atom stereocenters. The molecule has 0 nitrogen and oxygen atoms in total. The van der Waals surface area contributed by atoms with E-state index in [1.54, 1.807) is 6.07 Å². The Hall–Kier alpha value is -1.96. The quantitative estimate of drug-likeness (QED) is 0.285. The van der Waals surface area contributed by atoms with Gasteiger partial charge in [-0.05, 0) is 104 Å². The van der Waals surface area contributed by atoms with Crippen LogP contribution < -0.4 is 0 Å². The van der Waals surface area contributed by atoms with Crippen LogP contribution >= 0.6 is 0 Å². The largest absolute Gasteiger partial charge is 0.251 e. The SMILES string of the molecule is C=CC1CCC(c2ccc(-c3ccc(C4CCC(CCCCF)CC4)cc3)c(F)c2)CC1. The summed E-state index contributed by atoms with van der Waals surface area (Å²) in [6.45, 7) is 3.74. The first-order chi connectivity index (χ1) is 15.7. The van der Waals surface area contributed by atoms with E-state index in [1.807, 2.05) is 6.07 Å². The molecule has 2 aliphatic rings. The fourth-order valence-electron chi connectivity index (χ4n) is 5.95. The maximum Gasteiger partial charge on any atom is 0.131 e. The Morgan fingerprint density at radius 2 is 1.41 bits per heavy atom. The number of halogens is 2. The molecule has 0 spiro atoms. The third-order valence-corrected chi connectivity index (χ3v) is 8.11. The van der Waals surface area contributed by atoms with Crippen molar-refractivity contribution in [2.45, 2.75) is 82.5 Å². The van der Waals surface area contributed by atoms with Crippen LogP contribution in [0.15, 0.2) is 55.1 Å². The Bertz CT molecular complexity index is 853. The summed E-state index contributed by atoms with van der Waals surface area (Å²) in [6.07, 6.45) is 14.5.